The molecule has 2 rings (SSSR count). The Bertz CT molecular complexity index is 299. The highest BCUT2D eigenvalue weighted by atomic mass is 16.5. The van der Waals surface area contributed by atoms with Gasteiger partial charge in [0.15, 0.2) is 0 Å². The van der Waals surface area contributed by atoms with Crippen LogP contribution in [0, 0.1) is 11.3 Å². The monoisotopic (exact) mass is 281 g/mol. The largest absolute Gasteiger partial charge is 0.372 e. The molecule has 1 aliphatic heterocycles. The molecule has 1 saturated carbocycles. The molecule has 1 aliphatic carbocycles. The maximum absolute atomic E-state index is 6.51. The highest BCUT2D eigenvalue weighted by molar-refractivity contribution is 4.94. The lowest BCUT2D eigenvalue weighted by Gasteiger charge is -2.34. The van der Waals surface area contributed by atoms with E-state index in [0.29, 0.717) is 29.1 Å². The van der Waals surface area contributed by atoms with Crippen LogP contribution in [-0.2, 0) is 4.74 Å². The standard InChI is InChI=1S/C18H35NO/c1-14(2)19-13-15(17(3,4)5)12-16-8-11-18(20-16)9-6-7-10-18/h14-16,19H,6-13H2,1-5H3. The lowest BCUT2D eigenvalue weighted by molar-refractivity contribution is -0.0500. The van der Waals surface area contributed by atoms with Crippen LogP contribution >= 0.6 is 0 Å². The van der Waals surface area contributed by atoms with Crippen molar-refractivity contribution < 1.29 is 4.74 Å². The molecule has 20 heavy (non-hydrogen) atoms. The number of rotatable bonds is 5. The molecule has 0 aromatic heterocycles. The second-order valence-corrected chi connectivity index (χ2v) is 8.53. The molecule has 1 saturated heterocycles. The minimum Gasteiger partial charge on any atom is -0.372 e. The first kappa shape index (κ1) is 16.3. The van der Waals surface area contributed by atoms with Gasteiger partial charge in [0.1, 0.15) is 0 Å². The van der Waals surface area contributed by atoms with E-state index in [4.69, 9.17) is 4.74 Å². The molecule has 0 bridgehead atoms. The van der Waals surface area contributed by atoms with E-state index >= 15 is 0 Å². The van der Waals surface area contributed by atoms with E-state index in [1.807, 2.05) is 0 Å². The Hall–Kier alpha value is -0.0800. The fourth-order valence-corrected chi connectivity index (χ4v) is 3.89. The summed E-state index contributed by atoms with van der Waals surface area (Å²) in [6, 6.07) is 0.575. The van der Waals surface area contributed by atoms with Crippen LogP contribution in [0.3, 0.4) is 0 Å². The van der Waals surface area contributed by atoms with Crippen molar-refractivity contribution in [1.29, 1.82) is 0 Å². The molecule has 1 spiro atoms. The fourth-order valence-electron chi connectivity index (χ4n) is 3.89. The van der Waals surface area contributed by atoms with Gasteiger partial charge < -0.3 is 10.1 Å². The van der Waals surface area contributed by atoms with Crippen LogP contribution in [0.5, 0.6) is 0 Å². The van der Waals surface area contributed by atoms with E-state index in [2.05, 4.69) is 39.9 Å². The molecule has 0 aromatic carbocycles. The van der Waals surface area contributed by atoms with Crippen molar-refractivity contribution in [1.82, 2.24) is 5.32 Å². The van der Waals surface area contributed by atoms with E-state index in [9.17, 15) is 0 Å². The quantitative estimate of drug-likeness (QED) is 0.799. The van der Waals surface area contributed by atoms with Crippen LogP contribution < -0.4 is 5.32 Å². The van der Waals surface area contributed by atoms with E-state index in [1.54, 1.807) is 0 Å². The molecule has 1 heterocycles. The first-order valence-corrected chi connectivity index (χ1v) is 8.72. The van der Waals surface area contributed by atoms with Crippen LogP contribution in [0.15, 0.2) is 0 Å². The van der Waals surface area contributed by atoms with Crippen LogP contribution in [0.1, 0.15) is 79.6 Å². The molecule has 118 valence electrons. The van der Waals surface area contributed by atoms with Crippen molar-refractivity contribution in [3.63, 3.8) is 0 Å². The van der Waals surface area contributed by atoms with E-state index < -0.39 is 0 Å². The molecule has 0 amide bonds. The van der Waals surface area contributed by atoms with Gasteiger partial charge in [0.2, 0.25) is 0 Å². The Morgan fingerprint density at radius 3 is 2.35 bits per heavy atom. The molecule has 2 atom stereocenters. The van der Waals surface area contributed by atoms with Crippen LogP contribution in [0.4, 0.5) is 0 Å². The molecule has 1 N–H and O–H groups in total. The van der Waals surface area contributed by atoms with Gasteiger partial charge in [0.25, 0.3) is 0 Å². The molecular weight excluding hydrogens is 246 g/mol. The summed E-state index contributed by atoms with van der Waals surface area (Å²) >= 11 is 0. The zero-order valence-corrected chi connectivity index (χ0v) is 14.3. The van der Waals surface area contributed by atoms with Gasteiger partial charge in [-0.3, -0.25) is 0 Å². The fraction of sp³-hybridized carbons (Fsp3) is 1.00. The van der Waals surface area contributed by atoms with Gasteiger partial charge >= 0.3 is 0 Å². The summed E-state index contributed by atoms with van der Waals surface area (Å²) in [5.41, 5.74) is 0.648. The number of hydrogen-bond acceptors (Lipinski definition) is 2. The first-order chi connectivity index (χ1) is 9.31. The molecular formula is C18H35NO. The van der Waals surface area contributed by atoms with Crippen molar-refractivity contribution in [2.24, 2.45) is 11.3 Å². The third-order valence-electron chi connectivity index (χ3n) is 5.40. The average Bonchev–Trinajstić information content (AvgIpc) is 2.94. The third-order valence-corrected chi connectivity index (χ3v) is 5.40. The Kier molecular flexibility index (Phi) is 5.18. The van der Waals surface area contributed by atoms with Crippen molar-refractivity contribution in [2.45, 2.75) is 97.3 Å². The maximum Gasteiger partial charge on any atom is 0.0687 e. The zero-order valence-electron chi connectivity index (χ0n) is 14.3. The Balaban J connectivity index is 1.88. The summed E-state index contributed by atoms with van der Waals surface area (Å²) in [6.45, 7) is 12.7. The zero-order chi connectivity index (χ0) is 14.8. The summed E-state index contributed by atoms with van der Waals surface area (Å²) in [5, 5.41) is 3.63. The molecule has 2 nitrogen and oxygen atoms in total. The molecule has 0 aromatic rings. The number of nitrogens with one attached hydrogen (secondary N) is 1. The second kappa shape index (κ2) is 6.36. The number of ether oxygens (including phenoxy) is 1. The minimum atomic E-state index is 0.290. The van der Waals surface area contributed by atoms with Gasteiger partial charge in [-0.05, 0) is 50.0 Å². The van der Waals surface area contributed by atoms with Crippen LogP contribution in [-0.4, -0.2) is 24.3 Å². The summed E-state index contributed by atoms with van der Waals surface area (Å²) in [7, 11) is 0. The molecule has 2 unspecified atom stereocenters. The Labute approximate surface area is 126 Å². The lowest BCUT2D eigenvalue weighted by atomic mass is 9.77. The Morgan fingerprint density at radius 2 is 1.80 bits per heavy atom. The van der Waals surface area contributed by atoms with E-state index in [1.165, 1.54) is 44.9 Å². The van der Waals surface area contributed by atoms with Crippen LogP contribution in [0.2, 0.25) is 0 Å². The first-order valence-electron chi connectivity index (χ1n) is 8.72. The number of hydrogen-bond donors (Lipinski definition) is 1. The van der Waals surface area contributed by atoms with Gasteiger partial charge in [0, 0.05) is 6.04 Å². The van der Waals surface area contributed by atoms with Gasteiger partial charge in [0.05, 0.1) is 11.7 Å². The van der Waals surface area contributed by atoms with E-state index in [0.717, 1.165) is 6.54 Å². The predicted octanol–water partition coefficient (Wildman–Crippen LogP) is 4.53. The average molecular weight is 281 g/mol. The van der Waals surface area contributed by atoms with Gasteiger partial charge in [-0.15, -0.1) is 0 Å². The molecule has 2 heteroatoms. The van der Waals surface area contributed by atoms with E-state index in [-0.39, 0.29) is 0 Å². The third kappa shape index (κ3) is 4.21. The Morgan fingerprint density at radius 1 is 1.15 bits per heavy atom. The summed E-state index contributed by atoms with van der Waals surface area (Å²) in [5.74, 6) is 0.700. The van der Waals surface area contributed by atoms with Crippen LogP contribution in [0.25, 0.3) is 0 Å². The molecule has 2 aliphatic rings. The molecule has 0 radical (unpaired) electrons. The molecule has 2 fully saturated rings. The summed E-state index contributed by atoms with van der Waals surface area (Å²) < 4.78 is 6.51. The lowest BCUT2D eigenvalue weighted by Crippen LogP contribution is -2.37. The SMILES string of the molecule is CC(C)NCC(CC1CCC2(CCCC2)O1)C(C)(C)C. The second-order valence-electron chi connectivity index (χ2n) is 8.53. The highest BCUT2D eigenvalue weighted by Gasteiger charge is 2.43. The predicted molar refractivity (Wildman–Crippen MR) is 86.0 cm³/mol. The van der Waals surface area contributed by atoms with Crippen molar-refractivity contribution in [3.05, 3.63) is 0 Å². The highest BCUT2D eigenvalue weighted by Crippen LogP contribution is 2.45. The van der Waals surface area contributed by atoms with Crippen molar-refractivity contribution in [2.75, 3.05) is 6.54 Å². The summed E-state index contributed by atoms with van der Waals surface area (Å²) in [6.07, 6.45) is 9.72. The maximum atomic E-state index is 6.51. The normalized spacial score (nSPS) is 27.6. The minimum absolute atomic E-state index is 0.290. The topological polar surface area (TPSA) is 21.3 Å². The van der Waals surface area contributed by atoms with Gasteiger partial charge in [-0.2, -0.15) is 0 Å². The summed E-state index contributed by atoms with van der Waals surface area (Å²) in [4.78, 5) is 0. The van der Waals surface area contributed by atoms with Crippen molar-refractivity contribution in [3.8, 4) is 0 Å². The smallest absolute Gasteiger partial charge is 0.0687 e. The van der Waals surface area contributed by atoms with Gasteiger partial charge in [-0.25, -0.2) is 0 Å². The van der Waals surface area contributed by atoms with Crippen molar-refractivity contribution >= 4 is 0 Å². The van der Waals surface area contributed by atoms with Gasteiger partial charge in [-0.1, -0.05) is 47.5 Å².